The molecule has 1 heterocycles. The molecule has 82 valence electrons. The van der Waals surface area contributed by atoms with Crippen LogP contribution in [0.15, 0.2) is 12.4 Å². The second-order valence-corrected chi connectivity index (χ2v) is 4.51. The highest BCUT2D eigenvalue weighted by molar-refractivity contribution is 5.93. The average molecular weight is 207 g/mol. The van der Waals surface area contributed by atoms with Gasteiger partial charge in [0, 0.05) is 17.8 Å². The minimum Gasteiger partial charge on any atom is -0.331 e. The number of aromatic amines is 1. The molecule has 1 aromatic heterocycles. The monoisotopic (exact) mass is 207 g/mol. The van der Waals surface area contributed by atoms with Gasteiger partial charge in [-0.15, -0.1) is 0 Å². The van der Waals surface area contributed by atoms with Crippen molar-refractivity contribution in [2.45, 2.75) is 39.0 Å². The zero-order chi connectivity index (χ0) is 10.7. The number of hydrogen-bond acceptors (Lipinski definition) is 2. The van der Waals surface area contributed by atoms with Gasteiger partial charge in [-0.1, -0.05) is 26.2 Å². The van der Waals surface area contributed by atoms with Gasteiger partial charge in [0.05, 0.1) is 0 Å². The van der Waals surface area contributed by atoms with E-state index in [0.717, 1.165) is 25.7 Å². The summed E-state index contributed by atoms with van der Waals surface area (Å²) in [5.41, 5.74) is -0.203. The van der Waals surface area contributed by atoms with Crippen molar-refractivity contribution in [3.8, 4) is 0 Å². The van der Waals surface area contributed by atoms with Crippen molar-refractivity contribution in [2.75, 3.05) is 5.32 Å². The molecule has 0 unspecified atom stereocenters. The van der Waals surface area contributed by atoms with Crippen molar-refractivity contribution in [3.63, 3.8) is 0 Å². The summed E-state index contributed by atoms with van der Waals surface area (Å²) in [4.78, 5) is 18.9. The molecule has 0 saturated heterocycles. The Kier molecular flexibility index (Phi) is 2.75. The number of carbonyl (C=O) groups excluding carboxylic acids is 1. The highest BCUT2D eigenvalue weighted by Gasteiger charge is 2.34. The average Bonchev–Trinajstić information content (AvgIpc) is 2.71. The fraction of sp³-hybridized carbons (Fsp3) is 0.636. The van der Waals surface area contributed by atoms with Crippen LogP contribution in [-0.4, -0.2) is 15.9 Å². The van der Waals surface area contributed by atoms with Crippen LogP contribution in [0.2, 0.25) is 0 Å². The van der Waals surface area contributed by atoms with Crippen molar-refractivity contribution in [3.05, 3.63) is 12.4 Å². The molecular formula is C11H17N3O. The normalized spacial score (nSPS) is 19.8. The fourth-order valence-corrected chi connectivity index (χ4v) is 2.15. The SMILES string of the molecule is CC1(C(=O)Nc2ncc[nH]2)CCCCC1. The second-order valence-electron chi connectivity index (χ2n) is 4.51. The summed E-state index contributed by atoms with van der Waals surface area (Å²) in [5.74, 6) is 0.643. The third-order valence-corrected chi connectivity index (χ3v) is 3.24. The lowest BCUT2D eigenvalue weighted by molar-refractivity contribution is -0.126. The summed E-state index contributed by atoms with van der Waals surface area (Å²) in [5, 5.41) is 2.83. The first-order valence-electron chi connectivity index (χ1n) is 5.52. The lowest BCUT2D eigenvalue weighted by Crippen LogP contribution is -2.35. The van der Waals surface area contributed by atoms with Gasteiger partial charge in [0.1, 0.15) is 0 Å². The predicted molar refractivity (Wildman–Crippen MR) is 58.4 cm³/mol. The van der Waals surface area contributed by atoms with Gasteiger partial charge in [-0.05, 0) is 12.8 Å². The number of imidazole rings is 1. The third kappa shape index (κ3) is 2.19. The maximum Gasteiger partial charge on any atom is 0.232 e. The van der Waals surface area contributed by atoms with Crippen LogP contribution in [-0.2, 0) is 4.79 Å². The van der Waals surface area contributed by atoms with Crippen LogP contribution in [0.4, 0.5) is 5.95 Å². The maximum absolute atomic E-state index is 12.0. The van der Waals surface area contributed by atoms with Crippen LogP contribution in [0, 0.1) is 5.41 Å². The van der Waals surface area contributed by atoms with E-state index >= 15 is 0 Å². The Hall–Kier alpha value is -1.32. The first-order chi connectivity index (χ1) is 7.21. The molecule has 0 spiro atoms. The summed E-state index contributed by atoms with van der Waals surface area (Å²) in [6.07, 6.45) is 8.88. The van der Waals surface area contributed by atoms with E-state index in [9.17, 15) is 4.79 Å². The minimum atomic E-state index is -0.203. The van der Waals surface area contributed by atoms with E-state index in [0.29, 0.717) is 5.95 Å². The third-order valence-electron chi connectivity index (χ3n) is 3.24. The molecule has 0 aliphatic heterocycles. The van der Waals surface area contributed by atoms with Crippen molar-refractivity contribution in [1.29, 1.82) is 0 Å². The van der Waals surface area contributed by atoms with E-state index in [1.165, 1.54) is 6.42 Å². The van der Waals surface area contributed by atoms with Crippen LogP contribution < -0.4 is 5.32 Å². The van der Waals surface area contributed by atoms with Crippen molar-refractivity contribution in [2.24, 2.45) is 5.41 Å². The number of aromatic nitrogens is 2. The molecule has 0 bridgehead atoms. The molecule has 0 aromatic carbocycles. The molecule has 1 amide bonds. The van der Waals surface area contributed by atoms with E-state index in [1.54, 1.807) is 12.4 Å². The van der Waals surface area contributed by atoms with Gasteiger partial charge in [0.2, 0.25) is 11.9 Å². The first-order valence-corrected chi connectivity index (χ1v) is 5.52. The Bertz CT molecular complexity index is 326. The van der Waals surface area contributed by atoms with Crippen molar-refractivity contribution in [1.82, 2.24) is 9.97 Å². The Morgan fingerprint density at radius 3 is 2.80 bits per heavy atom. The summed E-state index contributed by atoms with van der Waals surface area (Å²) in [6, 6.07) is 0. The molecule has 1 fully saturated rings. The quantitative estimate of drug-likeness (QED) is 0.781. The minimum absolute atomic E-state index is 0.0946. The standard InChI is InChI=1S/C11H17N3O/c1-11(5-3-2-4-6-11)9(15)14-10-12-7-8-13-10/h7-8H,2-6H2,1H3,(H2,12,13,14,15). The number of nitrogens with zero attached hydrogens (tertiary/aromatic N) is 1. The van der Waals surface area contributed by atoms with Crippen LogP contribution >= 0.6 is 0 Å². The Labute approximate surface area is 89.5 Å². The molecule has 1 aliphatic rings. The van der Waals surface area contributed by atoms with Crippen molar-refractivity contribution < 1.29 is 4.79 Å². The molecule has 1 aromatic rings. The van der Waals surface area contributed by atoms with Gasteiger partial charge in [-0.2, -0.15) is 0 Å². The van der Waals surface area contributed by atoms with Crippen LogP contribution in [0.25, 0.3) is 0 Å². The number of carbonyl (C=O) groups is 1. The molecule has 4 nitrogen and oxygen atoms in total. The van der Waals surface area contributed by atoms with E-state index in [1.807, 2.05) is 6.92 Å². The van der Waals surface area contributed by atoms with E-state index in [4.69, 9.17) is 0 Å². The number of nitrogens with one attached hydrogen (secondary N) is 2. The summed E-state index contributed by atoms with van der Waals surface area (Å²) >= 11 is 0. The molecule has 2 N–H and O–H groups in total. The first kappa shape index (κ1) is 10.2. The molecule has 1 aliphatic carbocycles. The molecule has 2 rings (SSSR count). The largest absolute Gasteiger partial charge is 0.331 e. The van der Waals surface area contributed by atoms with Crippen molar-refractivity contribution >= 4 is 11.9 Å². The van der Waals surface area contributed by atoms with E-state index in [-0.39, 0.29) is 11.3 Å². The summed E-state index contributed by atoms with van der Waals surface area (Å²) in [6.45, 7) is 2.05. The van der Waals surface area contributed by atoms with Crippen LogP contribution in [0.1, 0.15) is 39.0 Å². The molecule has 0 radical (unpaired) electrons. The Balaban J connectivity index is 2.00. The highest BCUT2D eigenvalue weighted by Crippen LogP contribution is 2.36. The van der Waals surface area contributed by atoms with Gasteiger partial charge >= 0.3 is 0 Å². The van der Waals surface area contributed by atoms with Crippen LogP contribution in [0.5, 0.6) is 0 Å². The van der Waals surface area contributed by atoms with Gasteiger partial charge in [-0.25, -0.2) is 4.98 Å². The fourth-order valence-electron chi connectivity index (χ4n) is 2.15. The molecule has 1 saturated carbocycles. The Morgan fingerprint density at radius 2 is 2.20 bits per heavy atom. The van der Waals surface area contributed by atoms with E-state index < -0.39 is 0 Å². The van der Waals surface area contributed by atoms with Crippen LogP contribution in [0.3, 0.4) is 0 Å². The van der Waals surface area contributed by atoms with Gasteiger partial charge in [-0.3, -0.25) is 10.1 Å². The predicted octanol–water partition coefficient (Wildman–Crippen LogP) is 2.32. The van der Waals surface area contributed by atoms with E-state index in [2.05, 4.69) is 15.3 Å². The molecule has 15 heavy (non-hydrogen) atoms. The number of H-pyrrole nitrogens is 1. The summed E-state index contributed by atoms with van der Waals surface area (Å²) < 4.78 is 0. The Morgan fingerprint density at radius 1 is 1.47 bits per heavy atom. The smallest absolute Gasteiger partial charge is 0.232 e. The molecule has 0 atom stereocenters. The number of rotatable bonds is 2. The zero-order valence-electron chi connectivity index (χ0n) is 9.05. The lowest BCUT2D eigenvalue weighted by Gasteiger charge is -2.31. The van der Waals surface area contributed by atoms with Gasteiger partial charge in [0.15, 0.2) is 0 Å². The maximum atomic E-state index is 12.0. The van der Waals surface area contributed by atoms with Gasteiger partial charge < -0.3 is 4.98 Å². The number of amides is 1. The summed E-state index contributed by atoms with van der Waals surface area (Å²) in [7, 11) is 0. The zero-order valence-corrected chi connectivity index (χ0v) is 9.05. The second kappa shape index (κ2) is 4.04. The lowest BCUT2D eigenvalue weighted by atomic mass is 9.75. The van der Waals surface area contributed by atoms with Gasteiger partial charge in [0.25, 0.3) is 0 Å². The topological polar surface area (TPSA) is 57.8 Å². The highest BCUT2D eigenvalue weighted by atomic mass is 16.2. The number of anilines is 1. The molecule has 4 heteroatoms. The number of hydrogen-bond donors (Lipinski definition) is 2. The molecular weight excluding hydrogens is 190 g/mol.